The van der Waals surface area contributed by atoms with Crippen LogP contribution >= 0.6 is 0 Å². The highest BCUT2D eigenvalue weighted by molar-refractivity contribution is 4.59. The third kappa shape index (κ3) is 3.15. The van der Waals surface area contributed by atoms with E-state index in [2.05, 4.69) is 0 Å². The predicted octanol–water partition coefficient (Wildman–Crippen LogP) is 1.03. The summed E-state index contributed by atoms with van der Waals surface area (Å²) >= 11 is 0. The molecular weight excluding hydrogens is 132 g/mol. The van der Waals surface area contributed by atoms with Gasteiger partial charge in [0.05, 0.1) is 6.61 Å². The average molecular weight is 148 g/mol. The largest absolute Gasteiger partial charge is 0.384 e. The number of rotatable bonds is 5. The van der Waals surface area contributed by atoms with Crippen molar-refractivity contribution in [3.8, 4) is 0 Å². The van der Waals surface area contributed by atoms with Crippen LogP contribution in [0, 0.1) is 0 Å². The zero-order chi connectivity index (χ0) is 8.04. The van der Waals surface area contributed by atoms with E-state index in [0.717, 1.165) is 6.42 Å². The molecule has 0 fully saturated rings. The van der Waals surface area contributed by atoms with Gasteiger partial charge < -0.3 is 14.2 Å². The molecule has 62 valence electrons. The molecule has 0 aliphatic heterocycles. The van der Waals surface area contributed by atoms with Crippen LogP contribution < -0.4 is 0 Å². The highest BCUT2D eigenvalue weighted by Gasteiger charge is 2.21. The van der Waals surface area contributed by atoms with E-state index in [0.29, 0.717) is 6.61 Å². The topological polar surface area (TPSA) is 27.7 Å². The van der Waals surface area contributed by atoms with Crippen molar-refractivity contribution in [3.05, 3.63) is 0 Å². The van der Waals surface area contributed by atoms with Gasteiger partial charge in [-0.1, -0.05) is 0 Å². The molecule has 0 aromatic heterocycles. The number of methoxy groups -OCH3 is 3. The van der Waals surface area contributed by atoms with Crippen molar-refractivity contribution in [3.63, 3.8) is 0 Å². The van der Waals surface area contributed by atoms with Gasteiger partial charge in [-0.25, -0.2) is 0 Å². The quantitative estimate of drug-likeness (QED) is 0.545. The van der Waals surface area contributed by atoms with Crippen LogP contribution in [-0.4, -0.2) is 33.7 Å². The molecule has 3 heteroatoms. The van der Waals surface area contributed by atoms with Gasteiger partial charge >= 0.3 is 0 Å². The van der Waals surface area contributed by atoms with E-state index in [1.807, 2.05) is 6.92 Å². The smallest absolute Gasteiger partial charge is 0.166 e. The molecule has 10 heavy (non-hydrogen) atoms. The molecule has 0 unspecified atom stereocenters. The lowest BCUT2D eigenvalue weighted by Crippen LogP contribution is -2.30. The highest BCUT2D eigenvalue weighted by Crippen LogP contribution is 2.14. The van der Waals surface area contributed by atoms with E-state index in [-0.39, 0.29) is 0 Å². The summed E-state index contributed by atoms with van der Waals surface area (Å²) in [4.78, 5) is 0. The normalized spacial score (nSPS) is 12.0. The summed E-state index contributed by atoms with van der Waals surface area (Å²) < 4.78 is 15.1. The molecule has 0 aromatic carbocycles. The van der Waals surface area contributed by atoms with Crippen LogP contribution in [0.15, 0.2) is 0 Å². The van der Waals surface area contributed by atoms with E-state index < -0.39 is 5.79 Å². The average Bonchev–Trinajstić information content (AvgIpc) is 2.00. The number of ether oxygens (including phenoxy) is 3. The molecule has 0 atom stereocenters. The van der Waals surface area contributed by atoms with Crippen molar-refractivity contribution in [2.45, 2.75) is 19.1 Å². The first-order valence-electron chi connectivity index (χ1n) is 3.28. The van der Waals surface area contributed by atoms with Crippen LogP contribution in [0.25, 0.3) is 0 Å². The minimum atomic E-state index is -0.490. The predicted molar refractivity (Wildman–Crippen MR) is 38.9 cm³/mol. The Kier molecular flexibility index (Phi) is 4.60. The van der Waals surface area contributed by atoms with E-state index >= 15 is 0 Å². The molecule has 0 saturated heterocycles. The molecule has 0 aliphatic carbocycles. The SMILES string of the molecule is COCCC(C)(OC)OC. The van der Waals surface area contributed by atoms with E-state index in [4.69, 9.17) is 14.2 Å². The summed E-state index contributed by atoms with van der Waals surface area (Å²) in [6.45, 7) is 2.53. The number of hydrogen-bond donors (Lipinski definition) is 0. The maximum atomic E-state index is 5.09. The fraction of sp³-hybridized carbons (Fsp3) is 1.00. The monoisotopic (exact) mass is 148 g/mol. The van der Waals surface area contributed by atoms with E-state index in [9.17, 15) is 0 Å². The standard InChI is InChI=1S/C7H16O3/c1-7(9-3,10-4)5-6-8-2/h5-6H2,1-4H3. The fourth-order valence-corrected chi connectivity index (χ4v) is 0.575. The Morgan fingerprint density at radius 3 is 1.90 bits per heavy atom. The van der Waals surface area contributed by atoms with Crippen molar-refractivity contribution >= 4 is 0 Å². The second-order valence-electron chi connectivity index (χ2n) is 2.28. The Bertz CT molecular complexity index is 78.9. The van der Waals surface area contributed by atoms with Crippen LogP contribution in [0.5, 0.6) is 0 Å². The van der Waals surface area contributed by atoms with Gasteiger partial charge in [0.15, 0.2) is 5.79 Å². The fourth-order valence-electron chi connectivity index (χ4n) is 0.575. The van der Waals surface area contributed by atoms with E-state index in [1.165, 1.54) is 0 Å². The second-order valence-corrected chi connectivity index (χ2v) is 2.28. The molecule has 0 aliphatic rings. The minimum Gasteiger partial charge on any atom is -0.384 e. The molecule has 0 bridgehead atoms. The maximum absolute atomic E-state index is 5.09. The highest BCUT2D eigenvalue weighted by atomic mass is 16.7. The number of hydrogen-bond acceptors (Lipinski definition) is 3. The Morgan fingerprint density at radius 1 is 1.10 bits per heavy atom. The molecule has 0 amide bonds. The zero-order valence-corrected chi connectivity index (χ0v) is 7.14. The van der Waals surface area contributed by atoms with Gasteiger partial charge in [-0.2, -0.15) is 0 Å². The summed E-state index contributed by atoms with van der Waals surface area (Å²) in [5, 5.41) is 0. The summed E-state index contributed by atoms with van der Waals surface area (Å²) in [6, 6.07) is 0. The summed E-state index contributed by atoms with van der Waals surface area (Å²) in [7, 11) is 4.91. The Hall–Kier alpha value is -0.120. The minimum absolute atomic E-state index is 0.490. The first-order chi connectivity index (χ1) is 4.68. The van der Waals surface area contributed by atoms with Crippen LogP contribution in [0.3, 0.4) is 0 Å². The van der Waals surface area contributed by atoms with Gasteiger partial charge in [0.1, 0.15) is 0 Å². The van der Waals surface area contributed by atoms with Crippen molar-refractivity contribution in [1.29, 1.82) is 0 Å². The zero-order valence-electron chi connectivity index (χ0n) is 7.14. The van der Waals surface area contributed by atoms with Gasteiger partial charge in [0.2, 0.25) is 0 Å². The molecule has 3 nitrogen and oxygen atoms in total. The van der Waals surface area contributed by atoms with Crippen molar-refractivity contribution in [1.82, 2.24) is 0 Å². The molecule has 0 N–H and O–H groups in total. The lowest BCUT2D eigenvalue weighted by Gasteiger charge is -2.25. The lowest BCUT2D eigenvalue weighted by atomic mass is 10.2. The first kappa shape index (κ1) is 9.88. The van der Waals surface area contributed by atoms with Crippen LogP contribution in [-0.2, 0) is 14.2 Å². The van der Waals surface area contributed by atoms with Crippen LogP contribution in [0.4, 0.5) is 0 Å². The van der Waals surface area contributed by atoms with E-state index in [1.54, 1.807) is 21.3 Å². The van der Waals surface area contributed by atoms with Gasteiger partial charge in [-0.05, 0) is 6.92 Å². The molecule has 0 aromatic rings. The molecule has 0 saturated carbocycles. The molecule has 0 spiro atoms. The maximum Gasteiger partial charge on any atom is 0.166 e. The van der Waals surface area contributed by atoms with Crippen molar-refractivity contribution < 1.29 is 14.2 Å². The van der Waals surface area contributed by atoms with Crippen LogP contribution in [0.1, 0.15) is 13.3 Å². The summed E-state index contributed by atoms with van der Waals surface area (Å²) in [6.07, 6.45) is 0.747. The van der Waals surface area contributed by atoms with Crippen molar-refractivity contribution in [2.75, 3.05) is 27.9 Å². The molecule has 0 rings (SSSR count). The molecule has 0 radical (unpaired) electrons. The summed E-state index contributed by atoms with van der Waals surface area (Å²) in [5.41, 5.74) is 0. The van der Waals surface area contributed by atoms with Gasteiger partial charge in [0.25, 0.3) is 0 Å². The van der Waals surface area contributed by atoms with Crippen LogP contribution in [0.2, 0.25) is 0 Å². The molecule has 0 heterocycles. The first-order valence-corrected chi connectivity index (χ1v) is 3.28. The van der Waals surface area contributed by atoms with Gasteiger partial charge in [-0.3, -0.25) is 0 Å². The van der Waals surface area contributed by atoms with Crippen molar-refractivity contribution in [2.24, 2.45) is 0 Å². The van der Waals surface area contributed by atoms with Gasteiger partial charge in [-0.15, -0.1) is 0 Å². The summed E-state index contributed by atoms with van der Waals surface area (Å²) in [5.74, 6) is -0.490. The second kappa shape index (κ2) is 4.66. The third-order valence-electron chi connectivity index (χ3n) is 1.62. The Balaban J connectivity index is 3.58. The Labute approximate surface area is 62.3 Å². The Morgan fingerprint density at radius 2 is 1.60 bits per heavy atom. The van der Waals surface area contributed by atoms with Gasteiger partial charge in [0, 0.05) is 27.8 Å². The third-order valence-corrected chi connectivity index (χ3v) is 1.62. The molecular formula is C7H16O3. The lowest BCUT2D eigenvalue weighted by molar-refractivity contribution is -0.202.